The zero-order chi connectivity index (χ0) is 30.2. The van der Waals surface area contributed by atoms with Gasteiger partial charge in [-0.15, -0.1) is 4.91 Å². The summed E-state index contributed by atoms with van der Waals surface area (Å²) >= 11 is 1.87. The van der Waals surface area contributed by atoms with Crippen LogP contribution in [0, 0.1) is 37.0 Å². The summed E-state index contributed by atoms with van der Waals surface area (Å²) in [6.45, 7) is 11.7. The van der Waals surface area contributed by atoms with E-state index in [1.807, 2.05) is 57.7 Å². The minimum atomic E-state index is -6.00. The molecule has 10 heteroatoms. The molecule has 0 aliphatic heterocycles. The molecule has 219 valence electrons. The Morgan fingerprint density at radius 1 is 0.634 bits per heavy atom. The van der Waals surface area contributed by atoms with E-state index >= 15 is 0 Å². The van der Waals surface area contributed by atoms with Crippen LogP contribution in [0.5, 0.6) is 0 Å². The minimum absolute atomic E-state index is 0. The van der Waals surface area contributed by atoms with Gasteiger partial charge in [-0.25, -0.2) is 0 Å². The molecule has 1 fully saturated rings. The molecule has 0 N–H and O–H groups in total. The van der Waals surface area contributed by atoms with E-state index in [1.54, 1.807) is 0 Å². The third-order valence-corrected chi connectivity index (χ3v) is 8.13. The van der Waals surface area contributed by atoms with Crippen LogP contribution in [0.2, 0.25) is 0 Å². The molecule has 0 spiro atoms. The predicted molar refractivity (Wildman–Crippen MR) is 169 cm³/mol. The summed E-state index contributed by atoms with van der Waals surface area (Å²) in [6, 6.07) is 32.3. The van der Waals surface area contributed by atoms with E-state index < -0.39 is 15.2 Å². The van der Waals surface area contributed by atoms with Gasteiger partial charge in [0.05, 0.1) is 0 Å². The standard InChI is InChI=1S/C18H15P.C8H14S.C5H5.BF4.NO.Re/c1-4-10-16(11-5-1)19(17-12-6-2-7-13-17)18-14-8-3-9-15-18;1-7(2)5-9-6-8(3)4;1-2-4-5-3-1;2-1(3,4)5;1-2;/h1-15H;1,3,5-6H2,2,4H3;1-5H;;;/q;;;-1;;. The maximum atomic E-state index is 9.75. The monoisotopic (exact) mass is 773 g/mol. The summed E-state index contributed by atoms with van der Waals surface area (Å²) in [5, 5.41) is 4.19. The molecule has 2 nitrogen and oxygen atoms in total. The van der Waals surface area contributed by atoms with Crippen molar-refractivity contribution in [3.05, 3.63) is 152 Å². The Hall–Kier alpha value is -2.03. The van der Waals surface area contributed by atoms with Crippen molar-refractivity contribution in [2.45, 2.75) is 13.8 Å². The molecule has 41 heavy (non-hydrogen) atoms. The molecule has 1 aliphatic rings. The van der Waals surface area contributed by atoms with E-state index in [0.717, 1.165) is 11.5 Å². The van der Waals surface area contributed by atoms with Crippen molar-refractivity contribution >= 4 is 42.9 Å². The van der Waals surface area contributed by atoms with E-state index in [9.17, 15) is 17.3 Å². The van der Waals surface area contributed by atoms with Gasteiger partial charge < -0.3 is 17.3 Å². The average molecular weight is 773 g/mol. The van der Waals surface area contributed by atoms with Crippen molar-refractivity contribution in [2.75, 3.05) is 11.5 Å². The van der Waals surface area contributed by atoms with Crippen LogP contribution in [-0.2, 0) is 20.4 Å². The van der Waals surface area contributed by atoms with Crippen LogP contribution in [0.3, 0.4) is 0 Å². The Morgan fingerprint density at radius 3 is 1.05 bits per heavy atom. The fraction of sp³-hybridized carbons (Fsp3) is 0.129. The maximum absolute atomic E-state index is 9.75. The second-order valence-corrected chi connectivity index (χ2v) is 11.4. The maximum Gasteiger partial charge on any atom is 0.673 e. The molecular formula is C31H34BF4NOPReS-. The molecule has 0 aromatic heterocycles. The summed E-state index contributed by atoms with van der Waals surface area (Å²) in [5.41, 5.74) is 8.22. The average Bonchev–Trinajstić information content (AvgIpc) is 3.52. The Labute approximate surface area is 262 Å². The van der Waals surface area contributed by atoms with Gasteiger partial charge in [-0.05, 0) is 69.8 Å². The summed E-state index contributed by atoms with van der Waals surface area (Å²) in [6.07, 6.45) is 10.0. The van der Waals surface area contributed by atoms with E-state index in [2.05, 4.69) is 104 Å². The zero-order valence-corrected chi connectivity index (χ0v) is 27.5. The number of benzene rings is 3. The number of rotatable bonds is 7. The molecule has 0 bridgehead atoms. The first-order valence-corrected chi connectivity index (χ1v) is 14.6. The van der Waals surface area contributed by atoms with E-state index in [1.165, 1.54) is 27.1 Å². The number of halogens is 4. The topological polar surface area (TPSA) is 39.4 Å². The van der Waals surface area contributed by atoms with E-state index in [4.69, 9.17) is 10.5 Å². The second-order valence-electron chi connectivity index (χ2n) is 8.21. The van der Waals surface area contributed by atoms with Crippen LogP contribution in [0.25, 0.3) is 0 Å². The van der Waals surface area contributed by atoms with Gasteiger partial charge in [-0.2, -0.15) is 11.8 Å². The number of thioether (sulfide) groups is 1. The molecule has 7 radical (unpaired) electrons. The molecule has 1 saturated carbocycles. The Balaban J connectivity index is 0. The van der Waals surface area contributed by atoms with Gasteiger partial charge in [0.25, 0.3) is 0 Å². The van der Waals surface area contributed by atoms with E-state index in [-0.39, 0.29) is 20.4 Å². The minimum Gasteiger partial charge on any atom is -0.418 e. The van der Waals surface area contributed by atoms with Gasteiger partial charge in [0.1, 0.15) is 5.59 Å². The number of hydrogen-bond donors (Lipinski definition) is 0. The van der Waals surface area contributed by atoms with Crippen LogP contribution in [-0.4, -0.2) is 18.8 Å². The van der Waals surface area contributed by atoms with Crippen molar-refractivity contribution in [1.82, 2.24) is 5.59 Å². The molecule has 3 aromatic rings. The van der Waals surface area contributed by atoms with Gasteiger partial charge in [-0.3, -0.25) is 0 Å². The third-order valence-electron chi connectivity index (χ3n) is 4.30. The van der Waals surface area contributed by atoms with Crippen molar-refractivity contribution in [2.24, 2.45) is 0 Å². The van der Waals surface area contributed by atoms with Crippen LogP contribution >= 0.6 is 19.7 Å². The Morgan fingerprint density at radius 2 is 0.854 bits per heavy atom. The Kier molecular flexibility index (Phi) is 25.7. The smallest absolute Gasteiger partial charge is 0.418 e. The van der Waals surface area contributed by atoms with Gasteiger partial charge in [-0.1, -0.05) is 115 Å². The SMILES string of the molecule is C=C(C)CSCC(=C)C.F[B-](F)(F)F.[CH]1[CH][CH][CH][CH]1.[N]=O.[Re].c1ccc(P(c2ccccc2)c2ccccc2)cc1. The summed E-state index contributed by atoms with van der Waals surface area (Å²) in [5.74, 6) is 2.12. The molecule has 1 aliphatic carbocycles. The third kappa shape index (κ3) is 24.3. The molecule has 0 saturated heterocycles. The van der Waals surface area contributed by atoms with Crippen molar-refractivity contribution in [1.29, 1.82) is 0 Å². The van der Waals surface area contributed by atoms with Gasteiger partial charge >= 0.3 is 7.25 Å². The van der Waals surface area contributed by atoms with Crippen molar-refractivity contribution in [3.63, 3.8) is 0 Å². The van der Waals surface area contributed by atoms with Gasteiger partial charge in [0.2, 0.25) is 0 Å². The van der Waals surface area contributed by atoms with E-state index in [0.29, 0.717) is 0 Å². The first kappa shape index (κ1) is 41.1. The fourth-order valence-electron chi connectivity index (χ4n) is 2.90. The van der Waals surface area contributed by atoms with Crippen LogP contribution in [0.1, 0.15) is 13.8 Å². The first-order valence-electron chi connectivity index (χ1n) is 12.1. The fourth-order valence-corrected chi connectivity index (χ4v) is 6.00. The van der Waals surface area contributed by atoms with Crippen molar-refractivity contribution in [3.8, 4) is 0 Å². The predicted octanol–water partition coefficient (Wildman–Crippen LogP) is 8.19. The summed E-state index contributed by atoms with van der Waals surface area (Å²) < 4.78 is 39.0. The molecule has 0 amide bonds. The first-order chi connectivity index (χ1) is 19.1. The van der Waals surface area contributed by atoms with Gasteiger partial charge in [0, 0.05) is 31.9 Å². The summed E-state index contributed by atoms with van der Waals surface area (Å²) in [7, 11) is -6.45. The molecule has 0 atom stereocenters. The normalized spacial score (nSPS) is 11.4. The molecule has 0 heterocycles. The zero-order valence-electron chi connectivity index (χ0n) is 23.1. The van der Waals surface area contributed by atoms with Gasteiger partial charge in [0.15, 0.2) is 0 Å². The second kappa shape index (κ2) is 25.7. The largest absolute Gasteiger partial charge is 0.673 e. The van der Waals surface area contributed by atoms with Crippen LogP contribution in [0.4, 0.5) is 17.3 Å². The molecule has 3 aromatic carbocycles. The molecule has 0 unspecified atom stereocenters. The molecular weight excluding hydrogens is 738 g/mol. The number of nitrogens with zero attached hydrogens (tertiary/aromatic N) is 1. The quantitative estimate of drug-likeness (QED) is 0.105. The van der Waals surface area contributed by atoms with Crippen LogP contribution in [0.15, 0.2) is 115 Å². The Bertz CT molecular complexity index is 938. The number of nitroso groups, excluding NO2 is 1. The van der Waals surface area contributed by atoms with Crippen molar-refractivity contribution < 1.29 is 37.7 Å². The summed E-state index contributed by atoms with van der Waals surface area (Å²) in [4.78, 5) is 7.25. The van der Waals surface area contributed by atoms with Crippen LogP contribution < -0.4 is 21.5 Å². The number of hydrogen-bond acceptors (Lipinski definition) is 2. The molecule has 4 rings (SSSR count).